The average Bonchev–Trinajstić information content (AvgIpc) is 2.37. The molecule has 0 atom stereocenters. The second-order valence-corrected chi connectivity index (χ2v) is 4.10. The number of anilines is 1. The number of pyridine rings is 1. The summed E-state index contributed by atoms with van der Waals surface area (Å²) in [5.41, 5.74) is 1.80. The maximum absolute atomic E-state index is 12.9. The van der Waals surface area contributed by atoms with Gasteiger partial charge in [-0.15, -0.1) is 0 Å². The number of hydrogen-bond acceptors (Lipinski definition) is 3. The highest BCUT2D eigenvalue weighted by Crippen LogP contribution is 2.21. The Labute approximate surface area is 109 Å². The Morgan fingerprint density at radius 1 is 1.33 bits per heavy atom. The molecule has 0 aliphatic heterocycles. The lowest BCUT2D eigenvalue weighted by molar-refractivity contribution is 0.619. The van der Waals surface area contributed by atoms with E-state index in [0.29, 0.717) is 28.4 Å². The molecule has 3 nitrogen and oxygen atoms in total. The van der Waals surface area contributed by atoms with Gasteiger partial charge in [0.25, 0.3) is 0 Å². The molecule has 0 amide bonds. The average molecular weight is 262 g/mol. The quantitative estimate of drug-likeness (QED) is 0.922. The molecule has 18 heavy (non-hydrogen) atoms. The minimum absolute atomic E-state index is 0.375. The van der Waals surface area contributed by atoms with Gasteiger partial charge in [-0.25, -0.2) is 4.39 Å². The minimum atomic E-state index is -0.388. The van der Waals surface area contributed by atoms with E-state index >= 15 is 0 Å². The van der Waals surface area contributed by atoms with Gasteiger partial charge >= 0.3 is 0 Å². The van der Waals surface area contributed by atoms with Crippen molar-refractivity contribution in [3.8, 4) is 6.07 Å². The molecular weight excluding hydrogens is 253 g/mol. The van der Waals surface area contributed by atoms with Crippen molar-refractivity contribution in [2.75, 3.05) is 5.32 Å². The summed E-state index contributed by atoms with van der Waals surface area (Å²) in [5.74, 6) is -0.388. The Hall–Kier alpha value is -2.12. The third kappa shape index (κ3) is 2.96. The molecule has 0 aliphatic carbocycles. The van der Waals surface area contributed by atoms with Gasteiger partial charge in [0, 0.05) is 17.8 Å². The Balaban J connectivity index is 2.15. The van der Waals surface area contributed by atoms with E-state index in [4.69, 9.17) is 16.9 Å². The monoisotopic (exact) mass is 261 g/mol. The molecule has 1 aromatic heterocycles. The van der Waals surface area contributed by atoms with E-state index in [1.165, 1.54) is 6.07 Å². The van der Waals surface area contributed by atoms with Crippen LogP contribution >= 0.6 is 11.6 Å². The van der Waals surface area contributed by atoms with E-state index in [9.17, 15) is 4.39 Å². The number of aromatic nitrogens is 1. The van der Waals surface area contributed by atoms with Crippen LogP contribution in [0.5, 0.6) is 0 Å². The predicted octanol–water partition coefficient (Wildman–Crippen LogP) is 3.36. The minimum Gasteiger partial charge on any atom is -0.380 e. The smallest absolute Gasteiger partial charge is 0.141 e. The van der Waals surface area contributed by atoms with Gasteiger partial charge in [0.2, 0.25) is 0 Å². The normalized spacial score (nSPS) is 9.83. The molecule has 0 radical (unpaired) electrons. The van der Waals surface area contributed by atoms with Crippen molar-refractivity contribution in [1.82, 2.24) is 4.98 Å². The number of rotatable bonds is 3. The molecule has 1 N–H and O–H groups in total. The molecule has 5 heteroatoms. The van der Waals surface area contributed by atoms with Crippen LogP contribution in [-0.2, 0) is 6.54 Å². The van der Waals surface area contributed by atoms with Crippen molar-refractivity contribution in [2.45, 2.75) is 6.54 Å². The zero-order valence-corrected chi connectivity index (χ0v) is 10.1. The Morgan fingerprint density at radius 2 is 2.17 bits per heavy atom. The van der Waals surface area contributed by atoms with Gasteiger partial charge in [-0.1, -0.05) is 11.6 Å². The molecule has 0 fully saturated rings. The van der Waals surface area contributed by atoms with Crippen LogP contribution in [0.3, 0.4) is 0 Å². The van der Waals surface area contributed by atoms with Gasteiger partial charge < -0.3 is 5.32 Å². The fraction of sp³-hybridized carbons (Fsp3) is 0.0769. The molecule has 1 aromatic carbocycles. The van der Waals surface area contributed by atoms with E-state index in [2.05, 4.69) is 16.4 Å². The standard InChI is InChI=1S/C13H9ClFN3/c14-11-2-1-10(5-16)13(4-11)18-7-9-3-12(15)8-17-6-9/h1-4,6,8,18H,7H2. The summed E-state index contributed by atoms with van der Waals surface area (Å²) in [5, 5.41) is 12.5. The van der Waals surface area contributed by atoms with E-state index < -0.39 is 0 Å². The molecule has 90 valence electrons. The first kappa shape index (κ1) is 12.3. The summed E-state index contributed by atoms with van der Waals surface area (Å²) in [6.45, 7) is 0.375. The fourth-order valence-electron chi connectivity index (χ4n) is 1.51. The molecule has 1 heterocycles. The van der Waals surface area contributed by atoms with Gasteiger partial charge in [-0.3, -0.25) is 4.98 Å². The van der Waals surface area contributed by atoms with Crippen LogP contribution in [0, 0.1) is 17.1 Å². The first-order valence-electron chi connectivity index (χ1n) is 5.22. The molecule has 0 aliphatic rings. The molecule has 0 saturated carbocycles. The number of nitrogens with zero attached hydrogens (tertiary/aromatic N) is 2. The summed E-state index contributed by atoms with van der Waals surface area (Å²) in [7, 11) is 0. The molecule has 2 rings (SSSR count). The SMILES string of the molecule is N#Cc1ccc(Cl)cc1NCc1cncc(F)c1. The van der Waals surface area contributed by atoms with Crippen molar-refractivity contribution in [2.24, 2.45) is 0 Å². The van der Waals surface area contributed by atoms with Crippen molar-refractivity contribution in [3.05, 3.63) is 58.6 Å². The molecule has 0 saturated heterocycles. The molecule has 0 bridgehead atoms. The fourth-order valence-corrected chi connectivity index (χ4v) is 1.68. The number of halogens is 2. The van der Waals surface area contributed by atoms with Crippen molar-refractivity contribution < 1.29 is 4.39 Å². The highest BCUT2D eigenvalue weighted by atomic mass is 35.5. The van der Waals surface area contributed by atoms with Crippen LogP contribution in [-0.4, -0.2) is 4.98 Å². The summed E-state index contributed by atoms with van der Waals surface area (Å²) in [6.07, 6.45) is 2.70. The van der Waals surface area contributed by atoms with Gasteiger partial charge in [-0.05, 0) is 29.8 Å². The van der Waals surface area contributed by atoms with E-state index in [1.54, 1.807) is 24.4 Å². The first-order valence-corrected chi connectivity index (χ1v) is 5.60. The Morgan fingerprint density at radius 3 is 2.89 bits per heavy atom. The van der Waals surface area contributed by atoms with E-state index in [1.807, 2.05) is 0 Å². The number of benzene rings is 1. The van der Waals surface area contributed by atoms with Gasteiger partial charge in [0.1, 0.15) is 11.9 Å². The topological polar surface area (TPSA) is 48.7 Å². The lowest BCUT2D eigenvalue weighted by Gasteiger charge is -2.08. The summed E-state index contributed by atoms with van der Waals surface area (Å²) >= 11 is 5.86. The molecule has 2 aromatic rings. The van der Waals surface area contributed by atoms with Crippen molar-refractivity contribution >= 4 is 17.3 Å². The van der Waals surface area contributed by atoms with Crippen LogP contribution in [0.25, 0.3) is 0 Å². The van der Waals surface area contributed by atoms with Gasteiger partial charge in [0.15, 0.2) is 0 Å². The third-order valence-corrected chi connectivity index (χ3v) is 2.58. The molecular formula is C13H9ClFN3. The largest absolute Gasteiger partial charge is 0.380 e. The first-order chi connectivity index (χ1) is 8.69. The lowest BCUT2D eigenvalue weighted by atomic mass is 10.2. The highest BCUT2D eigenvalue weighted by Gasteiger charge is 2.03. The second-order valence-electron chi connectivity index (χ2n) is 3.67. The van der Waals surface area contributed by atoms with Crippen LogP contribution in [0.2, 0.25) is 5.02 Å². The molecule has 0 spiro atoms. The van der Waals surface area contributed by atoms with Gasteiger partial charge in [0.05, 0.1) is 17.4 Å². The van der Waals surface area contributed by atoms with Crippen molar-refractivity contribution in [3.63, 3.8) is 0 Å². The van der Waals surface area contributed by atoms with E-state index in [-0.39, 0.29) is 5.82 Å². The zero-order valence-electron chi connectivity index (χ0n) is 9.32. The second kappa shape index (κ2) is 5.48. The van der Waals surface area contributed by atoms with Crippen LogP contribution in [0.15, 0.2) is 36.7 Å². The lowest BCUT2D eigenvalue weighted by Crippen LogP contribution is -2.02. The number of hydrogen-bond donors (Lipinski definition) is 1. The summed E-state index contributed by atoms with van der Waals surface area (Å²) < 4.78 is 12.9. The summed E-state index contributed by atoms with van der Waals surface area (Å²) in [4.78, 5) is 3.75. The van der Waals surface area contributed by atoms with Crippen molar-refractivity contribution in [1.29, 1.82) is 5.26 Å². The Bertz CT molecular complexity index is 607. The maximum Gasteiger partial charge on any atom is 0.141 e. The molecule has 0 unspecified atom stereocenters. The van der Waals surface area contributed by atoms with E-state index in [0.717, 1.165) is 6.20 Å². The van der Waals surface area contributed by atoms with Crippen LogP contribution in [0.1, 0.15) is 11.1 Å². The van der Waals surface area contributed by atoms with Crippen LogP contribution < -0.4 is 5.32 Å². The van der Waals surface area contributed by atoms with Gasteiger partial charge in [-0.2, -0.15) is 5.26 Å². The Kier molecular flexibility index (Phi) is 3.75. The third-order valence-electron chi connectivity index (χ3n) is 2.35. The zero-order chi connectivity index (χ0) is 13.0. The summed E-state index contributed by atoms with van der Waals surface area (Å²) in [6, 6.07) is 8.39. The number of nitrogens with one attached hydrogen (secondary N) is 1. The maximum atomic E-state index is 12.9. The van der Waals surface area contributed by atoms with Crippen LogP contribution in [0.4, 0.5) is 10.1 Å². The predicted molar refractivity (Wildman–Crippen MR) is 67.7 cm³/mol. The number of nitriles is 1. The highest BCUT2D eigenvalue weighted by molar-refractivity contribution is 6.30.